The molecule has 5 heteroatoms. The Hall–Kier alpha value is -0.310. The highest BCUT2D eigenvalue weighted by Crippen LogP contribution is 2.53. The fourth-order valence-corrected chi connectivity index (χ4v) is 3.23. The molecule has 0 N–H and O–H groups in total. The summed E-state index contributed by atoms with van der Waals surface area (Å²) < 4.78 is 28.1. The normalized spacial score (nSPS) is 23.6. The average molecular weight is 276 g/mol. The summed E-state index contributed by atoms with van der Waals surface area (Å²) in [7, 11) is -3.43. The van der Waals surface area contributed by atoms with E-state index in [2.05, 4.69) is 20.8 Å². The lowest BCUT2D eigenvalue weighted by atomic mass is 9.74. The van der Waals surface area contributed by atoms with Crippen LogP contribution in [-0.4, -0.2) is 13.2 Å². The van der Waals surface area contributed by atoms with E-state index in [1.165, 1.54) is 0 Å². The minimum absolute atomic E-state index is 0.0524. The van der Waals surface area contributed by atoms with Crippen LogP contribution in [0.1, 0.15) is 47.5 Å². The van der Waals surface area contributed by atoms with Gasteiger partial charge in [0.15, 0.2) is 0 Å². The smallest absolute Gasteiger partial charge is 0.409 e. The fraction of sp³-hybridized carbons (Fsp3) is 0.846. The Labute approximate surface area is 110 Å². The average Bonchev–Trinajstić information content (AvgIpc) is 2.23. The zero-order valence-electron chi connectivity index (χ0n) is 12.1. The lowest BCUT2D eigenvalue weighted by molar-refractivity contribution is 0.134. The van der Waals surface area contributed by atoms with Gasteiger partial charge in [0, 0.05) is 6.42 Å². The molecule has 0 aliphatic heterocycles. The minimum Gasteiger partial charge on any atom is -0.409 e. The van der Waals surface area contributed by atoms with Crippen molar-refractivity contribution < 1.29 is 18.1 Å². The molecule has 0 radical (unpaired) electrons. The molecule has 18 heavy (non-hydrogen) atoms. The van der Waals surface area contributed by atoms with Crippen molar-refractivity contribution in [2.75, 3.05) is 13.2 Å². The van der Waals surface area contributed by atoms with Crippen molar-refractivity contribution in [3.8, 4) is 0 Å². The topological polar surface area (TPSA) is 44.8 Å². The van der Waals surface area contributed by atoms with Gasteiger partial charge >= 0.3 is 7.82 Å². The van der Waals surface area contributed by atoms with Crippen molar-refractivity contribution in [1.29, 1.82) is 0 Å². The molecular weight excluding hydrogens is 251 g/mol. The number of phosphoric acid groups is 1. The van der Waals surface area contributed by atoms with Gasteiger partial charge in [0.25, 0.3) is 0 Å². The molecule has 4 nitrogen and oxygen atoms in total. The van der Waals surface area contributed by atoms with E-state index in [0.717, 1.165) is 18.6 Å². The highest BCUT2D eigenvalue weighted by molar-refractivity contribution is 7.48. The first-order chi connectivity index (χ1) is 8.33. The molecule has 106 valence electrons. The van der Waals surface area contributed by atoms with Gasteiger partial charge in [0.05, 0.1) is 13.2 Å². The van der Waals surface area contributed by atoms with Crippen LogP contribution in [0.2, 0.25) is 0 Å². The highest BCUT2D eigenvalue weighted by atomic mass is 31.2. The second-order valence-corrected chi connectivity index (χ2v) is 6.84. The Morgan fingerprint density at radius 3 is 2.33 bits per heavy atom. The number of hydrogen-bond donors (Lipinski definition) is 0. The second kappa shape index (κ2) is 6.23. The third-order valence-corrected chi connectivity index (χ3v) is 5.04. The largest absolute Gasteiger partial charge is 0.529 e. The molecule has 0 aromatic heterocycles. The summed E-state index contributed by atoms with van der Waals surface area (Å²) in [4.78, 5) is 0. The van der Waals surface area contributed by atoms with E-state index in [-0.39, 0.29) is 5.41 Å². The van der Waals surface area contributed by atoms with Crippen LogP contribution in [0.4, 0.5) is 0 Å². The van der Waals surface area contributed by atoms with Gasteiger partial charge in [-0.05, 0) is 37.7 Å². The Morgan fingerprint density at radius 2 is 1.89 bits per heavy atom. The van der Waals surface area contributed by atoms with Crippen LogP contribution < -0.4 is 0 Å². The molecular formula is C13H25O4P. The number of allylic oxidation sites excluding steroid dienone is 2. The third-order valence-electron chi connectivity index (χ3n) is 3.43. The minimum atomic E-state index is -3.43. The Morgan fingerprint density at radius 1 is 1.33 bits per heavy atom. The zero-order valence-corrected chi connectivity index (χ0v) is 13.0. The van der Waals surface area contributed by atoms with Gasteiger partial charge < -0.3 is 4.52 Å². The predicted molar refractivity (Wildman–Crippen MR) is 72.2 cm³/mol. The molecule has 1 atom stereocenters. The van der Waals surface area contributed by atoms with Gasteiger partial charge in [-0.2, -0.15) is 0 Å². The first-order valence-corrected chi connectivity index (χ1v) is 8.09. The van der Waals surface area contributed by atoms with E-state index >= 15 is 0 Å². The van der Waals surface area contributed by atoms with Crippen LogP contribution in [0.3, 0.4) is 0 Å². The molecule has 0 amide bonds. The molecule has 0 saturated heterocycles. The van der Waals surface area contributed by atoms with E-state index in [4.69, 9.17) is 13.6 Å². The van der Waals surface area contributed by atoms with Gasteiger partial charge in [-0.25, -0.2) is 4.57 Å². The van der Waals surface area contributed by atoms with E-state index in [9.17, 15) is 4.57 Å². The van der Waals surface area contributed by atoms with Crippen LogP contribution in [-0.2, 0) is 18.1 Å². The summed E-state index contributed by atoms with van der Waals surface area (Å²) >= 11 is 0. The summed E-state index contributed by atoms with van der Waals surface area (Å²) in [5.41, 5.74) is 0.0524. The molecule has 1 rings (SSSR count). The molecule has 1 aliphatic carbocycles. The molecule has 0 heterocycles. The number of rotatable bonds is 6. The van der Waals surface area contributed by atoms with Crippen LogP contribution in [0.15, 0.2) is 11.8 Å². The molecule has 0 spiro atoms. The van der Waals surface area contributed by atoms with E-state index in [1.54, 1.807) is 13.8 Å². The maximum Gasteiger partial charge on any atom is 0.529 e. The fourth-order valence-electron chi connectivity index (χ4n) is 1.98. The van der Waals surface area contributed by atoms with Crippen LogP contribution in [0.25, 0.3) is 0 Å². The van der Waals surface area contributed by atoms with Crippen molar-refractivity contribution in [3.63, 3.8) is 0 Å². The summed E-state index contributed by atoms with van der Waals surface area (Å²) in [5, 5.41) is 0. The molecule has 1 aliphatic rings. The standard InChI is InChI=1S/C13H25O4P/c1-6-15-18(14,16-7-2)17-12-9-8-11(3)13(4,5)10-12/h10-11H,6-9H2,1-5H3/t11-/m1/s1. The Bertz CT molecular complexity index is 339. The molecule has 0 aromatic carbocycles. The molecule has 0 fully saturated rings. The Balaban J connectivity index is 2.79. The lowest BCUT2D eigenvalue weighted by Gasteiger charge is -2.34. The summed E-state index contributed by atoms with van der Waals surface area (Å²) in [6, 6.07) is 0. The van der Waals surface area contributed by atoms with Crippen molar-refractivity contribution in [2.24, 2.45) is 11.3 Å². The number of hydrogen-bond acceptors (Lipinski definition) is 4. The molecule has 0 saturated carbocycles. The highest BCUT2D eigenvalue weighted by Gasteiger charge is 2.33. The first-order valence-electron chi connectivity index (χ1n) is 6.63. The SMILES string of the molecule is CCOP(=O)(OCC)OC1=CC(C)(C)[C@H](C)CC1. The van der Waals surface area contributed by atoms with Gasteiger partial charge in [0.1, 0.15) is 5.76 Å². The maximum absolute atomic E-state index is 12.3. The second-order valence-electron chi connectivity index (χ2n) is 5.25. The van der Waals surface area contributed by atoms with Crippen molar-refractivity contribution >= 4 is 7.82 Å². The van der Waals surface area contributed by atoms with Crippen molar-refractivity contribution in [3.05, 3.63) is 11.8 Å². The quantitative estimate of drug-likeness (QED) is 0.669. The van der Waals surface area contributed by atoms with Gasteiger partial charge in [-0.1, -0.05) is 20.8 Å². The zero-order chi connectivity index (χ0) is 13.8. The summed E-state index contributed by atoms with van der Waals surface area (Å²) in [6.45, 7) is 10.7. The van der Waals surface area contributed by atoms with E-state index in [0.29, 0.717) is 19.1 Å². The van der Waals surface area contributed by atoms with Gasteiger partial charge in [-0.15, -0.1) is 0 Å². The predicted octanol–water partition coefficient (Wildman–Crippen LogP) is 4.52. The van der Waals surface area contributed by atoms with E-state index in [1.807, 2.05) is 6.08 Å². The van der Waals surface area contributed by atoms with E-state index < -0.39 is 7.82 Å². The third kappa shape index (κ3) is 4.11. The van der Waals surface area contributed by atoms with Crippen LogP contribution >= 0.6 is 7.82 Å². The van der Waals surface area contributed by atoms with Crippen LogP contribution in [0, 0.1) is 11.3 Å². The van der Waals surface area contributed by atoms with Crippen LogP contribution in [0.5, 0.6) is 0 Å². The Kier molecular flexibility index (Phi) is 5.45. The van der Waals surface area contributed by atoms with Crippen molar-refractivity contribution in [1.82, 2.24) is 0 Å². The molecule has 0 bridgehead atoms. The maximum atomic E-state index is 12.3. The first kappa shape index (κ1) is 15.7. The van der Waals surface area contributed by atoms with Crippen molar-refractivity contribution in [2.45, 2.75) is 47.5 Å². The van der Waals surface area contributed by atoms with Gasteiger partial charge in [-0.3, -0.25) is 9.05 Å². The number of phosphoric ester groups is 1. The molecule has 0 unspecified atom stereocenters. The molecule has 0 aromatic rings. The lowest BCUT2D eigenvalue weighted by Crippen LogP contribution is -2.24. The van der Waals surface area contributed by atoms with Gasteiger partial charge in [0.2, 0.25) is 0 Å². The summed E-state index contributed by atoms with van der Waals surface area (Å²) in [5.74, 6) is 1.31. The summed E-state index contributed by atoms with van der Waals surface area (Å²) in [6.07, 6.45) is 3.86. The monoisotopic (exact) mass is 276 g/mol.